The third-order valence-electron chi connectivity index (χ3n) is 5.13. The number of halogens is 1. The fraction of sp³-hybridized carbons (Fsp3) is 0.550. The van der Waals surface area contributed by atoms with Crippen molar-refractivity contribution in [2.24, 2.45) is 10.9 Å². The van der Waals surface area contributed by atoms with Crippen LogP contribution in [-0.4, -0.2) is 41.8 Å². The number of H-pyrrole nitrogens is 1. The summed E-state index contributed by atoms with van der Waals surface area (Å²) in [7, 11) is 0. The van der Waals surface area contributed by atoms with Crippen LogP contribution in [0.4, 0.5) is 0 Å². The summed E-state index contributed by atoms with van der Waals surface area (Å²) in [6.07, 6.45) is 5.99. The van der Waals surface area contributed by atoms with Crippen LogP contribution < -0.4 is 10.6 Å². The molecule has 1 aromatic heterocycles. The molecule has 3 rings (SSSR count). The molecule has 1 aliphatic rings. The minimum atomic E-state index is -0.180. The second-order valence-corrected chi connectivity index (χ2v) is 6.97. The Balaban J connectivity index is 0.00000243. The van der Waals surface area contributed by atoms with Gasteiger partial charge < -0.3 is 20.7 Å². The van der Waals surface area contributed by atoms with Crippen molar-refractivity contribution in [1.29, 1.82) is 0 Å². The molecule has 6 heteroatoms. The molecular weight excluding hydrogens is 439 g/mol. The summed E-state index contributed by atoms with van der Waals surface area (Å²) < 4.78 is 0. The van der Waals surface area contributed by atoms with Gasteiger partial charge >= 0.3 is 0 Å². The number of nitrogens with one attached hydrogen (secondary N) is 3. The lowest BCUT2D eigenvalue weighted by atomic mass is 10.1. The lowest BCUT2D eigenvalue weighted by Gasteiger charge is -2.15. The molecular formula is C20H31IN4O. The number of hydrogen-bond donors (Lipinski definition) is 4. The number of aliphatic hydroxyl groups excluding tert-OH is 1. The monoisotopic (exact) mass is 470 g/mol. The maximum atomic E-state index is 9.95. The molecule has 1 heterocycles. The molecule has 1 saturated carbocycles. The molecule has 0 bridgehead atoms. The van der Waals surface area contributed by atoms with Crippen molar-refractivity contribution in [3.05, 3.63) is 35.5 Å². The van der Waals surface area contributed by atoms with E-state index in [4.69, 9.17) is 0 Å². The Labute approximate surface area is 173 Å². The Morgan fingerprint density at radius 3 is 2.88 bits per heavy atom. The molecule has 0 spiro atoms. The summed E-state index contributed by atoms with van der Waals surface area (Å²) in [5.41, 5.74) is 3.85. The molecule has 26 heavy (non-hydrogen) atoms. The summed E-state index contributed by atoms with van der Waals surface area (Å²) in [6, 6.07) is 6.37. The SMILES string of the molecule is CCNC(=NCC1CCCC1O)NCCc1c[nH]c2cccc(C)c12.I. The van der Waals surface area contributed by atoms with Crippen molar-refractivity contribution in [2.75, 3.05) is 19.6 Å². The van der Waals surface area contributed by atoms with E-state index < -0.39 is 0 Å². The van der Waals surface area contributed by atoms with E-state index in [9.17, 15) is 5.11 Å². The van der Waals surface area contributed by atoms with Gasteiger partial charge in [-0.1, -0.05) is 18.6 Å². The quantitative estimate of drug-likeness (QED) is 0.297. The highest BCUT2D eigenvalue weighted by Gasteiger charge is 2.24. The zero-order valence-electron chi connectivity index (χ0n) is 15.7. The van der Waals surface area contributed by atoms with Crippen LogP contribution in [0.1, 0.15) is 37.3 Å². The predicted molar refractivity (Wildman–Crippen MR) is 119 cm³/mol. The van der Waals surface area contributed by atoms with Gasteiger partial charge in [-0.15, -0.1) is 24.0 Å². The van der Waals surface area contributed by atoms with Crippen molar-refractivity contribution in [1.82, 2.24) is 15.6 Å². The van der Waals surface area contributed by atoms with E-state index in [1.54, 1.807) is 0 Å². The molecule has 1 aromatic carbocycles. The van der Waals surface area contributed by atoms with Gasteiger partial charge in [0, 0.05) is 42.7 Å². The molecule has 2 unspecified atom stereocenters. The van der Waals surface area contributed by atoms with Crippen LogP contribution in [0.2, 0.25) is 0 Å². The van der Waals surface area contributed by atoms with Gasteiger partial charge in [0.1, 0.15) is 0 Å². The van der Waals surface area contributed by atoms with Gasteiger partial charge in [0.2, 0.25) is 0 Å². The normalized spacial score (nSPS) is 20.2. The number of aliphatic hydroxyl groups is 1. The molecule has 0 amide bonds. The standard InChI is InChI=1S/C20H30N4O.HI/c1-3-21-20(24-12-15-7-5-9-18(15)25)22-11-10-16-13-23-17-8-4-6-14(2)19(16)17;/h4,6,8,13,15,18,23,25H,3,5,7,9-12H2,1-2H3,(H2,21,22,24);1H. The van der Waals surface area contributed by atoms with Crippen LogP contribution in [0.25, 0.3) is 10.9 Å². The van der Waals surface area contributed by atoms with E-state index in [-0.39, 0.29) is 30.1 Å². The average Bonchev–Trinajstić information content (AvgIpc) is 3.20. The largest absolute Gasteiger partial charge is 0.393 e. The van der Waals surface area contributed by atoms with Gasteiger partial charge in [0.05, 0.1) is 6.10 Å². The van der Waals surface area contributed by atoms with E-state index >= 15 is 0 Å². The van der Waals surface area contributed by atoms with Crippen LogP contribution in [0.3, 0.4) is 0 Å². The topological polar surface area (TPSA) is 72.4 Å². The molecule has 0 aliphatic heterocycles. The van der Waals surface area contributed by atoms with Gasteiger partial charge in [-0.3, -0.25) is 4.99 Å². The smallest absolute Gasteiger partial charge is 0.191 e. The number of fused-ring (bicyclic) bond motifs is 1. The second kappa shape index (κ2) is 10.2. The van der Waals surface area contributed by atoms with Gasteiger partial charge in [-0.05, 0) is 50.3 Å². The predicted octanol–water partition coefficient (Wildman–Crippen LogP) is 3.35. The zero-order valence-corrected chi connectivity index (χ0v) is 18.0. The summed E-state index contributed by atoms with van der Waals surface area (Å²) in [5, 5.41) is 18.0. The number of aromatic nitrogens is 1. The highest BCUT2D eigenvalue weighted by atomic mass is 127. The van der Waals surface area contributed by atoms with Crippen LogP contribution >= 0.6 is 24.0 Å². The Morgan fingerprint density at radius 2 is 2.15 bits per heavy atom. The van der Waals surface area contributed by atoms with Crippen LogP contribution in [-0.2, 0) is 6.42 Å². The molecule has 0 radical (unpaired) electrons. The van der Waals surface area contributed by atoms with Crippen LogP contribution in [0.15, 0.2) is 29.4 Å². The lowest BCUT2D eigenvalue weighted by Crippen LogP contribution is -2.39. The van der Waals surface area contributed by atoms with Crippen molar-refractivity contribution in [3.8, 4) is 0 Å². The first kappa shape index (κ1) is 21.0. The number of benzene rings is 1. The highest BCUT2D eigenvalue weighted by Crippen LogP contribution is 2.25. The summed E-state index contributed by atoms with van der Waals surface area (Å²) in [6.45, 7) is 6.60. The number of guanidine groups is 1. The number of aliphatic imine (C=N–C) groups is 1. The Kier molecular flexibility index (Phi) is 8.21. The van der Waals surface area contributed by atoms with Crippen LogP contribution in [0, 0.1) is 12.8 Å². The summed E-state index contributed by atoms with van der Waals surface area (Å²) in [4.78, 5) is 8.03. The van der Waals surface area contributed by atoms with Crippen molar-refractivity contribution in [2.45, 2.75) is 45.6 Å². The summed E-state index contributed by atoms with van der Waals surface area (Å²) >= 11 is 0. The van der Waals surface area contributed by atoms with E-state index in [1.165, 1.54) is 22.0 Å². The van der Waals surface area contributed by atoms with Gasteiger partial charge in [-0.2, -0.15) is 0 Å². The van der Waals surface area contributed by atoms with Gasteiger partial charge in [0.15, 0.2) is 5.96 Å². The molecule has 144 valence electrons. The third kappa shape index (κ3) is 5.13. The first-order chi connectivity index (χ1) is 12.2. The first-order valence-electron chi connectivity index (χ1n) is 9.45. The van der Waals surface area contributed by atoms with E-state index in [0.717, 1.165) is 44.7 Å². The molecule has 1 fully saturated rings. The number of hydrogen-bond acceptors (Lipinski definition) is 2. The number of aryl methyl sites for hydroxylation is 1. The maximum Gasteiger partial charge on any atom is 0.191 e. The van der Waals surface area contributed by atoms with E-state index in [1.807, 2.05) is 0 Å². The fourth-order valence-electron chi connectivity index (χ4n) is 3.74. The maximum absolute atomic E-state index is 9.95. The first-order valence-corrected chi connectivity index (χ1v) is 9.45. The minimum absolute atomic E-state index is 0. The Morgan fingerprint density at radius 1 is 1.31 bits per heavy atom. The summed E-state index contributed by atoms with van der Waals surface area (Å²) in [5.74, 6) is 1.16. The third-order valence-corrected chi connectivity index (χ3v) is 5.13. The number of nitrogens with zero attached hydrogens (tertiary/aromatic N) is 1. The Hall–Kier alpha value is -1.28. The van der Waals surface area contributed by atoms with E-state index in [0.29, 0.717) is 12.5 Å². The highest BCUT2D eigenvalue weighted by molar-refractivity contribution is 14.0. The zero-order chi connectivity index (χ0) is 17.6. The Bertz CT molecular complexity index is 728. The fourth-order valence-corrected chi connectivity index (χ4v) is 3.74. The molecule has 2 atom stereocenters. The minimum Gasteiger partial charge on any atom is -0.393 e. The van der Waals surface area contributed by atoms with Crippen LogP contribution in [0.5, 0.6) is 0 Å². The molecule has 2 aromatic rings. The van der Waals surface area contributed by atoms with Crippen molar-refractivity contribution in [3.63, 3.8) is 0 Å². The lowest BCUT2D eigenvalue weighted by molar-refractivity contribution is 0.136. The number of aromatic amines is 1. The molecule has 0 saturated heterocycles. The van der Waals surface area contributed by atoms with Crippen molar-refractivity contribution >= 4 is 40.8 Å². The second-order valence-electron chi connectivity index (χ2n) is 6.97. The van der Waals surface area contributed by atoms with E-state index in [2.05, 4.69) is 58.9 Å². The molecule has 5 nitrogen and oxygen atoms in total. The molecule has 4 N–H and O–H groups in total. The van der Waals surface area contributed by atoms with Gasteiger partial charge in [-0.25, -0.2) is 0 Å². The molecule has 1 aliphatic carbocycles. The van der Waals surface area contributed by atoms with Gasteiger partial charge in [0.25, 0.3) is 0 Å². The van der Waals surface area contributed by atoms with Crippen molar-refractivity contribution < 1.29 is 5.11 Å². The average molecular weight is 470 g/mol. The number of rotatable bonds is 6.